The van der Waals surface area contributed by atoms with Gasteiger partial charge in [0.1, 0.15) is 109 Å². The summed E-state index contributed by atoms with van der Waals surface area (Å²) in [5.74, 6) is 5.25. The van der Waals surface area contributed by atoms with Crippen molar-refractivity contribution in [1.82, 2.24) is 34.7 Å². The first-order valence-corrected chi connectivity index (χ1v) is 45.7. The smallest absolute Gasteiger partial charge is 0.410 e. The van der Waals surface area contributed by atoms with Crippen molar-refractivity contribution in [3.05, 3.63) is 210 Å². The zero-order chi connectivity index (χ0) is 95.5. The largest absolute Gasteiger partial charge is 0.508 e. The molecule has 0 saturated carbocycles. The van der Waals surface area contributed by atoms with Gasteiger partial charge in [-0.1, -0.05) is 48.6 Å². The molecule has 7 N–H and O–H groups in total. The van der Waals surface area contributed by atoms with E-state index in [1.807, 2.05) is 130 Å². The lowest BCUT2D eigenvalue weighted by atomic mass is 9.91. The number of likely N-dealkylation sites (N-methyl/N-ethyl adjacent to an activating group) is 3. The predicted molar refractivity (Wildman–Crippen MR) is 505 cm³/mol. The second-order valence-electron chi connectivity index (χ2n) is 33.7. The molecule has 712 valence electrons. The lowest BCUT2D eigenvalue weighted by molar-refractivity contribution is -0.128. The zero-order valence-corrected chi connectivity index (χ0v) is 79.9. The molecule has 1 aromatic heterocycles. The highest BCUT2D eigenvalue weighted by Crippen LogP contribution is 2.36. The van der Waals surface area contributed by atoms with Crippen LogP contribution in [-0.4, -0.2) is 260 Å². The molecule has 4 aliphatic heterocycles. The molecule has 3 saturated heterocycles. The van der Waals surface area contributed by atoms with Crippen LogP contribution < -0.4 is 33.7 Å². The number of allylic oxidation sites excluding steroid dienone is 1. The van der Waals surface area contributed by atoms with Gasteiger partial charge >= 0.3 is 12.2 Å². The molecule has 3 fully saturated rings. The van der Waals surface area contributed by atoms with E-state index < -0.39 is 0 Å². The van der Waals surface area contributed by atoms with Gasteiger partial charge < -0.3 is 103 Å². The van der Waals surface area contributed by atoms with Crippen molar-refractivity contribution in [3.63, 3.8) is 0 Å². The molecule has 6 aromatic carbocycles. The van der Waals surface area contributed by atoms with Gasteiger partial charge in [0.2, 0.25) is 17.7 Å². The fourth-order valence-electron chi connectivity index (χ4n) is 14.5. The van der Waals surface area contributed by atoms with Gasteiger partial charge in [0.15, 0.2) is 0 Å². The number of hydrogen-bond acceptors (Lipinski definition) is 24. The number of phenols is 6. The summed E-state index contributed by atoms with van der Waals surface area (Å²) in [4.78, 5) is 85.1. The lowest BCUT2D eigenvalue weighted by Gasteiger charge is -2.39. The standard InChI is InChI=1S/C19H27NO3.C18H21NO3.C17H26N2O4.C16H23NO5.C16H21NO4.C15H17NO3S/c1-13(2)20(4)19(22)16-9-6-5-8-15(16)12-23-18-11-7-10-17(21)14(18)3;1-13-16(20)8-5-9-17(13)22-12-14-6-4-7-15(14)18(21)19-10-2-3-11-19;1-12(2)23-17(21)19-9-8-18(4)10-14(19)11-22-16-7-5-6-15(20)13(16)3;1-11(2)22-16(19)17-7-8-20-9-13(17)10-21-15-6-4-5-14(18)12(15)3;1-3-17-16(19)13-7-8-20-9-12(13)10-21-15-6-4-5-14(18)11(15)2;1-10-12(17)5-4-6-13(10)19-9-11-7-8-20-14(11)15(18)16(2)3/h7,10-11,13,21H,5-6,8-9,12H2,1-4H3;4-6,8-9,20H,2-3,7,10-12H2,1H3;5-7,12,14,20H,8-11H2,1-4H3;4-6,11,13,18H,7-10H2,1-3H3;4-6,18H,3,7-10H2,1-2H3,(H,17,19);4-8,17H,9H2,1-3H3. The first kappa shape index (κ1) is 104. The summed E-state index contributed by atoms with van der Waals surface area (Å²) in [5.41, 5.74) is 10.5. The molecular formula is C101H135N7O22S. The number of nitrogens with one attached hydrogen (secondary N) is 1. The number of carbonyl (C=O) groups excluding carboxylic acids is 6. The molecule has 29 nitrogen and oxygen atoms in total. The number of phenolic OH excluding ortho intramolecular Hbond substituents is 6. The molecular weight excluding hydrogens is 1700 g/mol. The van der Waals surface area contributed by atoms with Gasteiger partial charge in [-0.25, -0.2) is 9.59 Å². The fraction of sp³-hybridized carbons (Fsp3) is 0.465. The molecule has 13 rings (SSSR count). The van der Waals surface area contributed by atoms with Crippen LogP contribution in [0, 0.1) is 41.5 Å². The fourth-order valence-corrected chi connectivity index (χ4v) is 15.5. The summed E-state index contributed by atoms with van der Waals surface area (Å²) in [6, 6.07) is 32.9. The molecule has 30 heteroatoms. The summed E-state index contributed by atoms with van der Waals surface area (Å²) in [6.07, 6.45) is 10.4. The van der Waals surface area contributed by atoms with Crippen LogP contribution in [0.25, 0.3) is 0 Å². The molecule has 0 radical (unpaired) electrons. The van der Waals surface area contributed by atoms with Crippen LogP contribution in [0.15, 0.2) is 166 Å². The number of nitrogens with zero attached hydrogens (tertiary/aromatic N) is 6. The second-order valence-corrected chi connectivity index (χ2v) is 34.6. The second kappa shape index (κ2) is 52.1. The Labute approximate surface area is 775 Å². The van der Waals surface area contributed by atoms with Crippen molar-refractivity contribution in [2.75, 3.05) is 133 Å². The highest BCUT2D eigenvalue weighted by molar-refractivity contribution is 7.12. The number of aromatic hydroxyl groups is 6. The third-order valence-corrected chi connectivity index (χ3v) is 23.7. The summed E-state index contributed by atoms with van der Waals surface area (Å²) in [6.45, 7) is 33.0. The van der Waals surface area contributed by atoms with Gasteiger partial charge in [0.25, 0.3) is 5.91 Å². The Hall–Kier alpha value is -12.1. The van der Waals surface area contributed by atoms with Crippen molar-refractivity contribution < 1.29 is 107 Å². The SMILES string of the molecule is CCNC(=O)C1=C(COc2cccc(O)c2C)COCC1.Cc1c(O)cccc1OCC1=C(C(=O)N(C)C(C)C)CCCC1.Cc1c(O)cccc1OCC1=C(C(=O)N2CCCC2)CC=C1.Cc1c(O)cccc1OCC1CN(C)CCN1C(=O)OC(C)C.Cc1c(O)cccc1OCC1COCCN1C(=O)OC(C)C.Cc1c(O)cccc1OCc1ccsc1C(=O)N(C)C. The highest BCUT2D eigenvalue weighted by atomic mass is 32.1. The number of rotatable bonds is 26. The van der Waals surface area contributed by atoms with Crippen molar-refractivity contribution in [2.45, 2.75) is 178 Å². The molecule has 2 atom stereocenters. The highest BCUT2D eigenvalue weighted by Gasteiger charge is 2.34. The van der Waals surface area contributed by atoms with E-state index in [0.717, 1.165) is 115 Å². The van der Waals surface area contributed by atoms with E-state index in [4.69, 9.17) is 47.4 Å². The number of amides is 6. The number of carbonyl (C=O) groups is 6. The molecule has 7 aromatic rings. The number of morpholine rings is 1. The maximum atomic E-state index is 12.7. The number of ether oxygens (including phenoxy) is 10. The minimum absolute atomic E-state index is 0.0220. The first-order chi connectivity index (χ1) is 62.6. The molecule has 6 aliphatic rings. The Morgan fingerprint density at radius 3 is 1.41 bits per heavy atom. The quantitative estimate of drug-likeness (QED) is 0.0265. The molecule has 5 heterocycles. The molecule has 6 amide bonds. The van der Waals surface area contributed by atoms with Gasteiger partial charge in [-0.15, -0.1) is 11.3 Å². The monoisotopic (exact) mass is 1830 g/mol. The van der Waals surface area contributed by atoms with Crippen molar-refractivity contribution in [1.29, 1.82) is 0 Å². The van der Waals surface area contributed by atoms with Gasteiger partial charge in [-0.3, -0.25) is 29.0 Å². The van der Waals surface area contributed by atoms with E-state index in [-0.39, 0.29) is 114 Å². The van der Waals surface area contributed by atoms with Gasteiger partial charge in [-0.2, -0.15) is 0 Å². The Morgan fingerprint density at radius 2 is 0.939 bits per heavy atom. The average molecular weight is 1830 g/mol. The third kappa shape index (κ3) is 31.0. The molecule has 2 unspecified atom stereocenters. The van der Waals surface area contributed by atoms with Crippen molar-refractivity contribution in [2.24, 2.45) is 0 Å². The number of hydrogen-bond donors (Lipinski definition) is 7. The van der Waals surface area contributed by atoms with Crippen molar-refractivity contribution >= 4 is 47.2 Å². The number of piperazine rings is 1. The molecule has 131 heavy (non-hydrogen) atoms. The Kier molecular flexibility index (Phi) is 41.4. The number of thiophene rings is 1. The van der Waals surface area contributed by atoms with E-state index >= 15 is 0 Å². The van der Waals surface area contributed by atoms with Gasteiger partial charge in [0.05, 0.1) is 55.6 Å². The van der Waals surface area contributed by atoms with E-state index in [0.29, 0.717) is 147 Å². The van der Waals surface area contributed by atoms with Gasteiger partial charge in [-0.05, 0) is 237 Å². The Balaban J connectivity index is 0.000000194. The minimum Gasteiger partial charge on any atom is -0.508 e. The Bertz CT molecular complexity index is 5090. The van der Waals surface area contributed by atoms with Crippen LogP contribution in [0.5, 0.6) is 69.0 Å². The summed E-state index contributed by atoms with van der Waals surface area (Å²) in [5, 5.41) is 62.9. The predicted octanol–water partition coefficient (Wildman–Crippen LogP) is 16.3. The van der Waals surface area contributed by atoms with Crippen molar-refractivity contribution in [3.8, 4) is 69.0 Å². The number of likely N-dealkylation sites (tertiary alicyclic amines) is 1. The molecule has 0 bridgehead atoms. The Morgan fingerprint density at radius 1 is 0.489 bits per heavy atom. The van der Waals surface area contributed by atoms with E-state index in [9.17, 15) is 59.4 Å². The zero-order valence-electron chi connectivity index (χ0n) is 79.1. The normalized spacial score (nSPS) is 16.0. The average Bonchev–Trinajstić information content (AvgIpc) is 1.75. The maximum Gasteiger partial charge on any atom is 0.410 e. The van der Waals surface area contributed by atoms with E-state index in [2.05, 4.69) is 10.2 Å². The summed E-state index contributed by atoms with van der Waals surface area (Å²) >= 11 is 1.41. The number of benzene rings is 6. The first-order valence-electron chi connectivity index (χ1n) is 44.8. The van der Waals surface area contributed by atoms with Crippen LogP contribution in [0.2, 0.25) is 0 Å². The maximum absolute atomic E-state index is 12.7. The molecule has 2 aliphatic carbocycles. The van der Waals surface area contributed by atoms with Crippen LogP contribution in [-0.2, 0) is 39.9 Å². The van der Waals surface area contributed by atoms with Crippen LogP contribution in [0.4, 0.5) is 9.59 Å². The molecule has 0 spiro atoms. The van der Waals surface area contributed by atoms with Crippen LogP contribution in [0.1, 0.15) is 148 Å². The topological polar surface area (TPSA) is 348 Å². The van der Waals surface area contributed by atoms with E-state index in [1.54, 1.807) is 145 Å². The summed E-state index contributed by atoms with van der Waals surface area (Å²) < 4.78 is 56.2. The minimum atomic E-state index is -0.348. The lowest BCUT2D eigenvalue weighted by Crippen LogP contribution is -2.56. The third-order valence-electron chi connectivity index (χ3n) is 22.8. The van der Waals surface area contributed by atoms with Crippen LogP contribution in [0.3, 0.4) is 0 Å². The van der Waals surface area contributed by atoms with Crippen LogP contribution >= 0.6 is 11.3 Å². The van der Waals surface area contributed by atoms with E-state index in [1.165, 1.54) is 11.3 Å². The summed E-state index contributed by atoms with van der Waals surface area (Å²) in [7, 11) is 7.34. The van der Waals surface area contributed by atoms with Gasteiger partial charge in [0, 0.05) is 141 Å².